The Morgan fingerprint density at radius 3 is 2.75 bits per heavy atom. The van der Waals surface area contributed by atoms with Crippen LogP contribution in [0.25, 0.3) is 0 Å². The predicted molar refractivity (Wildman–Crippen MR) is 76.1 cm³/mol. The molecule has 1 saturated heterocycles. The van der Waals surface area contributed by atoms with Gasteiger partial charge in [-0.1, -0.05) is 13.8 Å². The maximum Gasteiger partial charge on any atom is 0.165 e. The zero-order chi connectivity index (χ0) is 14.5. The van der Waals surface area contributed by atoms with Crippen LogP contribution in [0.2, 0.25) is 0 Å². The highest BCUT2D eigenvalue weighted by molar-refractivity contribution is 5.55. The van der Waals surface area contributed by atoms with Crippen LogP contribution in [0, 0.1) is 17.2 Å². The van der Waals surface area contributed by atoms with Gasteiger partial charge in [0, 0.05) is 12.0 Å². The van der Waals surface area contributed by atoms with Gasteiger partial charge >= 0.3 is 0 Å². The van der Waals surface area contributed by atoms with Gasteiger partial charge in [0.05, 0.1) is 38.1 Å². The number of hydrogen-bond acceptors (Lipinski definition) is 4. The van der Waals surface area contributed by atoms with Gasteiger partial charge in [-0.2, -0.15) is 5.26 Å². The normalized spacial score (nSPS) is 16.9. The SMILES string of the molecule is COc1ccc(C#N)c(CC2CO2)c1OCCC(C)C. The standard InChI is InChI=1S/C16H21NO3/c1-11(2)6-7-19-16-14(8-13-10-20-13)12(9-17)4-5-15(16)18-3/h4-5,11,13H,6-8,10H2,1-3H3. The van der Waals surface area contributed by atoms with Gasteiger partial charge in [-0.3, -0.25) is 0 Å². The molecular formula is C16H21NO3. The Hall–Kier alpha value is -1.73. The fourth-order valence-electron chi connectivity index (χ4n) is 2.04. The summed E-state index contributed by atoms with van der Waals surface area (Å²) < 4.78 is 16.6. The van der Waals surface area contributed by atoms with E-state index in [1.54, 1.807) is 19.2 Å². The lowest BCUT2D eigenvalue weighted by Gasteiger charge is -2.16. The molecule has 4 heteroatoms. The van der Waals surface area contributed by atoms with Crippen LogP contribution in [-0.4, -0.2) is 26.4 Å². The molecule has 0 saturated carbocycles. The number of nitrogens with zero attached hydrogens (tertiary/aromatic N) is 1. The van der Waals surface area contributed by atoms with E-state index in [4.69, 9.17) is 14.2 Å². The van der Waals surface area contributed by atoms with E-state index in [0.717, 1.165) is 18.6 Å². The highest BCUT2D eigenvalue weighted by atomic mass is 16.6. The molecule has 108 valence electrons. The third-order valence-corrected chi connectivity index (χ3v) is 3.34. The second-order valence-electron chi connectivity index (χ2n) is 5.43. The van der Waals surface area contributed by atoms with Gasteiger partial charge < -0.3 is 14.2 Å². The van der Waals surface area contributed by atoms with Gasteiger partial charge in [-0.15, -0.1) is 0 Å². The van der Waals surface area contributed by atoms with Crippen molar-refractivity contribution in [3.05, 3.63) is 23.3 Å². The lowest BCUT2D eigenvalue weighted by Crippen LogP contribution is -2.08. The van der Waals surface area contributed by atoms with Gasteiger partial charge in [0.2, 0.25) is 0 Å². The lowest BCUT2D eigenvalue weighted by molar-refractivity contribution is 0.269. The largest absolute Gasteiger partial charge is 0.493 e. The van der Waals surface area contributed by atoms with Gasteiger partial charge in [-0.25, -0.2) is 0 Å². The van der Waals surface area contributed by atoms with Gasteiger partial charge in [0.25, 0.3) is 0 Å². The summed E-state index contributed by atoms with van der Waals surface area (Å²) in [5.74, 6) is 1.96. The van der Waals surface area contributed by atoms with Crippen LogP contribution in [0.15, 0.2) is 12.1 Å². The molecule has 0 radical (unpaired) electrons. The molecule has 1 atom stereocenters. The van der Waals surface area contributed by atoms with E-state index in [-0.39, 0.29) is 6.10 Å². The van der Waals surface area contributed by atoms with Crippen molar-refractivity contribution in [3.8, 4) is 17.6 Å². The number of nitriles is 1. The lowest BCUT2D eigenvalue weighted by atomic mass is 10.0. The van der Waals surface area contributed by atoms with Crippen LogP contribution in [0.1, 0.15) is 31.4 Å². The summed E-state index contributed by atoms with van der Waals surface area (Å²) in [7, 11) is 1.62. The first kappa shape index (κ1) is 14.7. The highest BCUT2D eigenvalue weighted by Gasteiger charge is 2.27. The van der Waals surface area contributed by atoms with E-state index in [1.165, 1.54) is 0 Å². The smallest absolute Gasteiger partial charge is 0.165 e. The van der Waals surface area contributed by atoms with E-state index in [2.05, 4.69) is 19.9 Å². The number of rotatable bonds is 7. The molecule has 1 unspecified atom stereocenters. The minimum atomic E-state index is 0.210. The van der Waals surface area contributed by atoms with Crippen LogP contribution in [-0.2, 0) is 11.2 Å². The Balaban J connectivity index is 2.25. The van der Waals surface area contributed by atoms with Crippen LogP contribution in [0.4, 0.5) is 0 Å². The molecule has 1 aliphatic heterocycles. The quantitative estimate of drug-likeness (QED) is 0.718. The zero-order valence-corrected chi connectivity index (χ0v) is 12.3. The third-order valence-electron chi connectivity index (χ3n) is 3.34. The minimum absolute atomic E-state index is 0.210. The first-order valence-electron chi connectivity index (χ1n) is 7.00. The topological polar surface area (TPSA) is 54.8 Å². The minimum Gasteiger partial charge on any atom is -0.493 e. The van der Waals surface area contributed by atoms with Crippen molar-refractivity contribution in [1.29, 1.82) is 5.26 Å². The van der Waals surface area contributed by atoms with Crippen LogP contribution in [0.5, 0.6) is 11.5 Å². The summed E-state index contributed by atoms with van der Waals surface area (Å²) in [5.41, 5.74) is 1.54. The Morgan fingerprint density at radius 1 is 1.45 bits per heavy atom. The average molecular weight is 275 g/mol. The molecule has 1 aromatic rings. The highest BCUT2D eigenvalue weighted by Crippen LogP contribution is 2.36. The molecule has 0 aromatic heterocycles. The molecule has 0 aliphatic carbocycles. The first-order chi connectivity index (χ1) is 9.65. The van der Waals surface area contributed by atoms with Crippen LogP contribution in [0.3, 0.4) is 0 Å². The van der Waals surface area contributed by atoms with Crippen molar-refractivity contribution in [2.75, 3.05) is 20.3 Å². The summed E-state index contributed by atoms with van der Waals surface area (Å²) in [6.45, 7) is 5.70. The van der Waals surface area contributed by atoms with Crippen molar-refractivity contribution in [3.63, 3.8) is 0 Å². The van der Waals surface area contributed by atoms with Gasteiger partial charge in [0.15, 0.2) is 11.5 Å². The Morgan fingerprint density at radius 2 is 2.20 bits per heavy atom. The summed E-state index contributed by atoms with van der Waals surface area (Å²) in [4.78, 5) is 0. The zero-order valence-electron chi connectivity index (χ0n) is 12.3. The molecule has 1 heterocycles. The van der Waals surface area contributed by atoms with E-state index in [9.17, 15) is 5.26 Å². The van der Waals surface area contributed by atoms with Gasteiger partial charge in [0.1, 0.15) is 0 Å². The predicted octanol–water partition coefficient (Wildman–Crippen LogP) is 2.93. The second kappa shape index (κ2) is 6.62. The van der Waals surface area contributed by atoms with Crippen molar-refractivity contribution >= 4 is 0 Å². The van der Waals surface area contributed by atoms with Crippen LogP contribution >= 0.6 is 0 Å². The fourth-order valence-corrected chi connectivity index (χ4v) is 2.04. The Bertz CT molecular complexity index is 501. The molecule has 4 nitrogen and oxygen atoms in total. The van der Waals surface area contributed by atoms with Crippen molar-refractivity contribution in [2.45, 2.75) is 32.8 Å². The molecule has 20 heavy (non-hydrogen) atoms. The van der Waals surface area contributed by atoms with E-state index < -0.39 is 0 Å². The van der Waals surface area contributed by atoms with E-state index in [0.29, 0.717) is 36.0 Å². The van der Waals surface area contributed by atoms with E-state index in [1.807, 2.05) is 0 Å². The molecule has 1 aliphatic rings. The number of benzene rings is 1. The average Bonchev–Trinajstić information content (AvgIpc) is 3.23. The molecule has 0 spiro atoms. The molecule has 0 amide bonds. The third kappa shape index (κ3) is 3.64. The maximum absolute atomic E-state index is 9.27. The maximum atomic E-state index is 9.27. The number of epoxide rings is 1. The molecular weight excluding hydrogens is 254 g/mol. The molecule has 2 rings (SSSR count). The van der Waals surface area contributed by atoms with Crippen molar-refractivity contribution < 1.29 is 14.2 Å². The summed E-state index contributed by atoms with van der Waals surface area (Å²) in [6, 6.07) is 5.80. The summed E-state index contributed by atoms with van der Waals surface area (Å²) in [6.07, 6.45) is 1.89. The molecule has 1 aromatic carbocycles. The molecule has 1 fully saturated rings. The summed E-state index contributed by atoms with van der Waals surface area (Å²) >= 11 is 0. The first-order valence-corrected chi connectivity index (χ1v) is 7.00. The Labute approximate surface area is 120 Å². The Kier molecular flexibility index (Phi) is 4.86. The van der Waals surface area contributed by atoms with Crippen molar-refractivity contribution in [2.24, 2.45) is 5.92 Å². The number of methoxy groups -OCH3 is 1. The second-order valence-corrected chi connectivity index (χ2v) is 5.43. The van der Waals surface area contributed by atoms with Crippen LogP contribution < -0.4 is 9.47 Å². The number of ether oxygens (including phenoxy) is 3. The molecule has 0 bridgehead atoms. The van der Waals surface area contributed by atoms with Gasteiger partial charge in [-0.05, 0) is 24.5 Å². The van der Waals surface area contributed by atoms with Crippen molar-refractivity contribution in [1.82, 2.24) is 0 Å². The van der Waals surface area contributed by atoms with E-state index >= 15 is 0 Å². The monoisotopic (exact) mass is 275 g/mol. The summed E-state index contributed by atoms with van der Waals surface area (Å²) in [5, 5.41) is 9.27. The fraction of sp³-hybridized carbons (Fsp3) is 0.562. The number of hydrogen-bond donors (Lipinski definition) is 0. The molecule has 0 N–H and O–H groups in total.